The third-order valence-corrected chi connectivity index (χ3v) is 10.5. The highest BCUT2D eigenvalue weighted by Gasteiger charge is 2.59. The minimum atomic E-state index is -0.812. The number of primary amides is 1. The predicted molar refractivity (Wildman–Crippen MR) is 316 cm³/mol. The molecule has 0 aromatic heterocycles. The highest BCUT2D eigenvalue weighted by Crippen LogP contribution is 2.62. The van der Waals surface area contributed by atoms with Crippen LogP contribution in [0, 0.1) is 46.3 Å². The molecule has 8 nitrogen and oxygen atoms in total. The molecule has 4 unspecified atom stereocenters. The molecule has 0 aromatic rings. The van der Waals surface area contributed by atoms with Crippen molar-refractivity contribution in [2.45, 2.75) is 191 Å². The lowest BCUT2D eigenvalue weighted by Crippen LogP contribution is -2.44. The van der Waals surface area contributed by atoms with Gasteiger partial charge in [0.15, 0.2) is 0 Å². The Kier molecular flexibility index (Phi) is 79.8. The van der Waals surface area contributed by atoms with Gasteiger partial charge in [0.1, 0.15) is 0 Å². The summed E-state index contributed by atoms with van der Waals surface area (Å²) in [4.78, 5) is 23.3. The normalized spacial score (nSPS) is 14.7. The second-order valence-corrected chi connectivity index (χ2v) is 18.0. The number of hydrogen-bond donors (Lipinski definition) is 4. The van der Waals surface area contributed by atoms with Gasteiger partial charge in [0.05, 0.1) is 18.4 Å². The molecule has 0 spiro atoms. The molecule has 6 atom stereocenters. The number of carbonyl (C=O) groups is 2. The Balaban J connectivity index is -0.0000000774. The average Bonchev–Trinajstić information content (AvgIpc) is 3.86. The second kappa shape index (κ2) is 61.8. The van der Waals surface area contributed by atoms with Crippen LogP contribution in [0.1, 0.15) is 185 Å². The summed E-state index contributed by atoms with van der Waals surface area (Å²) in [7, 11) is 9.89. The number of allylic oxidation sites excluding steroid dienone is 7. The van der Waals surface area contributed by atoms with Crippen LogP contribution in [-0.4, -0.2) is 77.6 Å². The number of nitrogens with zero attached hydrogens (tertiary/aromatic N) is 1. The van der Waals surface area contributed by atoms with Crippen molar-refractivity contribution in [2.24, 2.45) is 52.1 Å². The largest absolute Gasteiger partial charge is 0.499 e. The van der Waals surface area contributed by atoms with Crippen molar-refractivity contribution < 1.29 is 14.3 Å². The lowest BCUT2D eigenvalue weighted by atomic mass is 9.84. The van der Waals surface area contributed by atoms with Gasteiger partial charge in [-0.15, -0.1) is 19.7 Å². The van der Waals surface area contributed by atoms with Gasteiger partial charge < -0.3 is 31.3 Å². The van der Waals surface area contributed by atoms with E-state index in [0.717, 1.165) is 68.4 Å². The molecule has 5 N–H and O–H groups in total. The summed E-state index contributed by atoms with van der Waals surface area (Å²) in [5, 5.41) is 9.11. The van der Waals surface area contributed by atoms with Gasteiger partial charge >= 0.3 is 0 Å². The van der Waals surface area contributed by atoms with Crippen LogP contribution >= 0.6 is 0 Å². The summed E-state index contributed by atoms with van der Waals surface area (Å²) in [6.45, 7) is 73.3. The fraction of sp³-hybridized carbons (Fsp3) is 0.733. The number of Topliss-reactive ketones (excluding diaryl/α,β-unsaturated/α-hetero) is 1. The van der Waals surface area contributed by atoms with Crippen molar-refractivity contribution in [1.82, 2.24) is 20.9 Å². The summed E-state index contributed by atoms with van der Waals surface area (Å²) in [5.41, 5.74) is 7.87. The van der Waals surface area contributed by atoms with E-state index in [9.17, 15) is 9.59 Å². The summed E-state index contributed by atoms with van der Waals surface area (Å²) in [5.74, 6) is 3.61. The zero-order chi connectivity index (χ0) is 56.8. The van der Waals surface area contributed by atoms with Gasteiger partial charge in [0.25, 0.3) is 5.91 Å². The standard InChI is InChI=1S/C19H36N2.C10H20O.C8H15NO2.C8H12.C3H9N.C2H7N.4C2H6.C2H4/c1-11-13(2)16-15(19(16,7)8)12-21(10)14(3)17(20-9)18(4,5)6;1-8(2)10(5)6-7-11-9(3)4;1-3-6(2)4-5-7(10)8(9)11;1-4-5-6-7-8(2)3;1-3-4-2;1-3-2;5*1-2/h11,13,15-17,20H,1,3,12H2,2,4-10H3;8,10H,3,6-7H2,1-2,4-5H3;6H,3-5H2,1-2H3,(H2,9,11);4-7H,1H2,2-3H3;4H,3H2,1-2H3;3H,1-2H3;4*1-2H3;1-2H2/b;;;6-5-;;;;;;;/t13?,15-,16+,17?;;;;;;;;;;/m0........../s1. The van der Waals surface area contributed by atoms with Crippen molar-refractivity contribution >= 4 is 11.7 Å². The van der Waals surface area contributed by atoms with Gasteiger partial charge in [0, 0.05) is 25.7 Å². The minimum Gasteiger partial charge on any atom is -0.499 e. The maximum Gasteiger partial charge on any atom is 0.284 e. The molecule has 8 heteroatoms. The fourth-order valence-electron chi connectivity index (χ4n) is 5.84. The van der Waals surface area contributed by atoms with E-state index in [1.165, 1.54) is 11.3 Å². The molecule has 0 aromatic carbocycles. The topological polar surface area (TPSA) is 109 Å². The molecule has 1 aliphatic rings. The van der Waals surface area contributed by atoms with Crippen LogP contribution in [0.25, 0.3) is 0 Å². The number of ether oxygens (including phenoxy) is 1. The Labute approximate surface area is 430 Å². The number of amides is 1. The molecule has 0 aliphatic heterocycles. The minimum absolute atomic E-state index is 0.174. The zero-order valence-corrected chi connectivity index (χ0v) is 51.4. The molecule has 1 aliphatic carbocycles. The molecule has 1 amide bonds. The number of likely N-dealkylation sites (N-methyl/N-ethyl adjacent to an activating group) is 2. The predicted octanol–water partition coefficient (Wildman–Crippen LogP) is 15.9. The van der Waals surface area contributed by atoms with Crippen LogP contribution in [0.5, 0.6) is 0 Å². The smallest absolute Gasteiger partial charge is 0.284 e. The molecule has 1 fully saturated rings. The lowest BCUT2D eigenvalue weighted by Gasteiger charge is -2.37. The molecule has 68 heavy (non-hydrogen) atoms. The van der Waals surface area contributed by atoms with Crippen molar-refractivity contribution in [3.63, 3.8) is 0 Å². The first kappa shape index (κ1) is 87.8. The van der Waals surface area contributed by atoms with E-state index >= 15 is 0 Å². The zero-order valence-electron chi connectivity index (χ0n) is 51.4. The van der Waals surface area contributed by atoms with E-state index < -0.39 is 11.7 Å². The summed E-state index contributed by atoms with van der Waals surface area (Å²) < 4.78 is 5.27. The molecule has 1 saturated carbocycles. The Morgan fingerprint density at radius 3 is 1.53 bits per heavy atom. The number of carbonyl (C=O) groups excluding carboxylic acids is 2. The highest BCUT2D eigenvalue weighted by molar-refractivity contribution is 6.35. The lowest BCUT2D eigenvalue weighted by molar-refractivity contribution is -0.136. The summed E-state index contributed by atoms with van der Waals surface area (Å²) in [6.07, 6.45) is 13.0. The third kappa shape index (κ3) is 58.9. The van der Waals surface area contributed by atoms with Gasteiger partial charge in [-0.25, -0.2) is 0 Å². The van der Waals surface area contributed by atoms with Crippen LogP contribution < -0.4 is 21.7 Å². The molecule has 0 heterocycles. The van der Waals surface area contributed by atoms with Gasteiger partial charge in [-0.2, -0.15) is 0 Å². The summed E-state index contributed by atoms with van der Waals surface area (Å²) >= 11 is 0. The van der Waals surface area contributed by atoms with Gasteiger partial charge in [0.2, 0.25) is 5.78 Å². The monoisotopic (exact) mass is 966 g/mol. The number of nitrogens with two attached hydrogens (primary N) is 1. The van der Waals surface area contributed by atoms with E-state index in [1.54, 1.807) is 6.08 Å². The molecular formula is C60H127N5O3. The Morgan fingerprint density at radius 2 is 1.25 bits per heavy atom. The highest BCUT2D eigenvalue weighted by atomic mass is 16.5. The van der Waals surface area contributed by atoms with Gasteiger partial charge in [-0.05, 0) is 115 Å². The van der Waals surface area contributed by atoms with Crippen LogP contribution in [-0.2, 0) is 14.3 Å². The number of ketones is 1. The fourth-order valence-corrected chi connectivity index (χ4v) is 5.84. The average molecular weight is 967 g/mol. The van der Waals surface area contributed by atoms with E-state index in [-0.39, 0.29) is 5.41 Å². The second-order valence-electron chi connectivity index (χ2n) is 18.0. The number of nitrogens with one attached hydrogen (secondary N) is 3. The molecule has 0 radical (unpaired) electrons. The molecule has 0 bridgehead atoms. The number of rotatable bonds is 20. The molecule has 1 rings (SSSR count). The molecular weight excluding hydrogens is 839 g/mol. The Hall–Kier alpha value is -3.20. The van der Waals surface area contributed by atoms with Crippen molar-refractivity contribution in [3.05, 3.63) is 86.9 Å². The number of hydrogen-bond acceptors (Lipinski definition) is 7. The van der Waals surface area contributed by atoms with Crippen LogP contribution in [0.4, 0.5) is 0 Å². The van der Waals surface area contributed by atoms with Crippen molar-refractivity contribution in [3.8, 4) is 0 Å². The van der Waals surface area contributed by atoms with E-state index in [4.69, 9.17) is 10.5 Å². The van der Waals surface area contributed by atoms with E-state index in [1.807, 2.05) is 116 Å². The van der Waals surface area contributed by atoms with Crippen molar-refractivity contribution in [1.29, 1.82) is 0 Å². The quantitative estimate of drug-likeness (QED) is 0.0416. The SMILES string of the molecule is C=C.C=C(C)OCCC(C)C(C)C.C=C/C=C\C=C(C)C.C=CC(C)[C@@H]1[C@H](CN(C)C(=C)C(NC)C(C)(C)C)C1(C)C.CC.CC.CC.CC.CCC(C)CCC(=O)C(N)=O.CCNC.CNC. The van der Waals surface area contributed by atoms with Gasteiger partial charge in [-0.1, -0.05) is 201 Å². The molecule has 410 valence electrons. The maximum atomic E-state index is 10.7. The van der Waals surface area contributed by atoms with Crippen LogP contribution in [0.15, 0.2) is 86.9 Å². The first-order valence-electron chi connectivity index (χ1n) is 26.2. The van der Waals surface area contributed by atoms with Crippen LogP contribution in [0.2, 0.25) is 0 Å². The first-order valence-corrected chi connectivity index (χ1v) is 26.2. The van der Waals surface area contributed by atoms with E-state index in [2.05, 4.69) is 163 Å². The van der Waals surface area contributed by atoms with Gasteiger partial charge in [-0.3, -0.25) is 9.59 Å². The first-order chi connectivity index (χ1) is 31.7. The summed E-state index contributed by atoms with van der Waals surface area (Å²) in [6, 6.07) is 0.305. The maximum absolute atomic E-state index is 10.7. The van der Waals surface area contributed by atoms with E-state index in [0.29, 0.717) is 29.7 Å². The van der Waals surface area contributed by atoms with Crippen LogP contribution in [0.3, 0.4) is 0 Å². The van der Waals surface area contributed by atoms with Crippen molar-refractivity contribution in [2.75, 3.05) is 54.9 Å². The Morgan fingerprint density at radius 1 is 0.824 bits per heavy atom. The Bertz CT molecular complexity index is 1180. The molecule has 0 saturated heterocycles. The third-order valence-electron chi connectivity index (χ3n) is 10.5.